The minimum absolute atomic E-state index is 0.0144. The highest BCUT2D eigenvalue weighted by Gasteiger charge is 2.35. The summed E-state index contributed by atoms with van der Waals surface area (Å²) >= 11 is 0. The molecule has 1 heterocycles. The summed E-state index contributed by atoms with van der Waals surface area (Å²) in [5, 5.41) is 0. The molecule has 1 aliphatic carbocycles. The van der Waals surface area contributed by atoms with Crippen molar-refractivity contribution in [2.24, 2.45) is 0 Å². The second kappa shape index (κ2) is 10.6. The van der Waals surface area contributed by atoms with Crippen LogP contribution in [0, 0.1) is 0 Å². The van der Waals surface area contributed by atoms with Gasteiger partial charge in [0.2, 0.25) is 5.91 Å². The Morgan fingerprint density at radius 3 is 2.47 bits per heavy atom. The van der Waals surface area contributed by atoms with Gasteiger partial charge in [-0.1, -0.05) is 36.4 Å². The number of carbonyl (C=O) groups is 2. The largest absolute Gasteiger partial charge is 0.497 e. The van der Waals surface area contributed by atoms with Gasteiger partial charge in [-0.25, -0.2) is 0 Å². The molecule has 2 aromatic carbocycles. The molecule has 178 valence electrons. The van der Waals surface area contributed by atoms with E-state index >= 15 is 0 Å². The number of ether oxygens (including phenoxy) is 1. The van der Waals surface area contributed by atoms with E-state index in [4.69, 9.17) is 4.74 Å². The van der Waals surface area contributed by atoms with Crippen molar-refractivity contribution in [2.75, 3.05) is 13.7 Å². The van der Waals surface area contributed by atoms with Gasteiger partial charge in [-0.05, 0) is 62.6 Å². The molecule has 0 bridgehead atoms. The van der Waals surface area contributed by atoms with Crippen LogP contribution in [0.25, 0.3) is 0 Å². The summed E-state index contributed by atoms with van der Waals surface area (Å²) in [7, 11) is 1.58. The number of hydrogen-bond acceptors (Lipinski definition) is 3. The summed E-state index contributed by atoms with van der Waals surface area (Å²) in [4.78, 5) is 30.4. The van der Waals surface area contributed by atoms with Gasteiger partial charge in [-0.15, -0.1) is 0 Å². The Morgan fingerprint density at radius 2 is 1.79 bits per heavy atom. The molecule has 1 aliphatic rings. The Balaban J connectivity index is 1.48. The smallest absolute Gasteiger partial charge is 0.254 e. The topological polar surface area (TPSA) is 54.8 Å². The van der Waals surface area contributed by atoms with Gasteiger partial charge in [0, 0.05) is 36.1 Å². The highest BCUT2D eigenvalue weighted by Crippen LogP contribution is 2.29. The number of methoxy groups -OCH3 is 1. The van der Waals surface area contributed by atoms with Crippen LogP contribution in [0.2, 0.25) is 0 Å². The van der Waals surface area contributed by atoms with Gasteiger partial charge in [-0.3, -0.25) is 9.59 Å². The van der Waals surface area contributed by atoms with E-state index < -0.39 is 0 Å². The summed E-state index contributed by atoms with van der Waals surface area (Å²) in [6, 6.07) is 21.6. The van der Waals surface area contributed by atoms with E-state index in [2.05, 4.69) is 22.8 Å². The van der Waals surface area contributed by atoms with Crippen molar-refractivity contribution >= 4 is 11.8 Å². The van der Waals surface area contributed by atoms with Gasteiger partial charge in [0.1, 0.15) is 12.3 Å². The average Bonchev–Trinajstić information content (AvgIpc) is 3.60. The lowest BCUT2D eigenvalue weighted by Crippen LogP contribution is -2.46. The molecule has 34 heavy (non-hydrogen) atoms. The van der Waals surface area contributed by atoms with Crippen LogP contribution in [-0.2, 0) is 17.9 Å². The van der Waals surface area contributed by atoms with Gasteiger partial charge in [0.25, 0.3) is 5.91 Å². The Hall–Kier alpha value is -3.54. The van der Waals surface area contributed by atoms with Crippen LogP contribution < -0.4 is 4.74 Å². The molecule has 4 rings (SSSR count). The molecule has 0 N–H and O–H groups in total. The van der Waals surface area contributed by atoms with Gasteiger partial charge in [0.15, 0.2) is 0 Å². The summed E-state index contributed by atoms with van der Waals surface area (Å²) in [6.07, 6.45) is 3.92. The lowest BCUT2D eigenvalue weighted by Gasteiger charge is -2.31. The molecule has 0 spiro atoms. The normalized spacial score (nSPS) is 13.1. The van der Waals surface area contributed by atoms with Crippen LogP contribution in [0.5, 0.6) is 5.75 Å². The van der Waals surface area contributed by atoms with Crippen molar-refractivity contribution in [1.82, 2.24) is 14.4 Å². The van der Waals surface area contributed by atoms with E-state index in [1.807, 2.05) is 55.3 Å². The molecule has 1 aromatic heterocycles. The number of aromatic nitrogens is 1. The number of hydrogen-bond donors (Lipinski definition) is 0. The van der Waals surface area contributed by atoms with Crippen molar-refractivity contribution in [3.05, 3.63) is 89.7 Å². The van der Waals surface area contributed by atoms with Crippen LogP contribution in [-0.4, -0.2) is 51.9 Å². The van der Waals surface area contributed by atoms with Gasteiger partial charge in [0.05, 0.1) is 13.7 Å². The Morgan fingerprint density at radius 1 is 1.03 bits per heavy atom. The zero-order valence-corrected chi connectivity index (χ0v) is 20.2. The second-order valence-electron chi connectivity index (χ2n) is 9.12. The molecule has 1 fully saturated rings. The molecule has 0 aliphatic heterocycles. The third-order valence-electron chi connectivity index (χ3n) is 6.27. The van der Waals surface area contributed by atoms with Crippen molar-refractivity contribution in [3.63, 3.8) is 0 Å². The zero-order valence-electron chi connectivity index (χ0n) is 20.2. The minimum atomic E-state index is -0.120. The Kier molecular flexibility index (Phi) is 7.36. The first-order valence-corrected chi connectivity index (χ1v) is 11.9. The number of nitrogens with zero attached hydrogens (tertiary/aromatic N) is 3. The van der Waals surface area contributed by atoms with Crippen molar-refractivity contribution < 1.29 is 14.3 Å². The van der Waals surface area contributed by atoms with Crippen LogP contribution >= 0.6 is 0 Å². The fourth-order valence-electron chi connectivity index (χ4n) is 4.17. The summed E-state index contributed by atoms with van der Waals surface area (Å²) in [5.41, 5.74) is 2.83. The first kappa shape index (κ1) is 23.6. The fourth-order valence-corrected chi connectivity index (χ4v) is 4.17. The average molecular weight is 460 g/mol. The molecule has 1 saturated carbocycles. The number of rotatable bonds is 10. The summed E-state index contributed by atoms with van der Waals surface area (Å²) in [5.74, 6) is 0.479. The number of carbonyl (C=O) groups excluding carboxylic acids is 2. The van der Waals surface area contributed by atoms with E-state index in [1.54, 1.807) is 30.2 Å². The third-order valence-corrected chi connectivity index (χ3v) is 6.27. The van der Waals surface area contributed by atoms with Gasteiger partial charge >= 0.3 is 0 Å². The van der Waals surface area contributed by atoms with Crippen molar-refractivity contribution in [3.8, 4) is 5.75 Å². The maximum absolute atomic E-state index is 13.5. The highest BCUT2D eigenvalue weighted by molar-refractivity contribution is 5.97. The van der Waals surface area contributed by atoms with E-state index in [9.17, 15) is 9.59 Å². The lowest BCUT2D eigenvalue weighted by atomic mass is 10.1. The molecular formula is C28H33N3O3. The predicted molar refractivity (Wildman–Crippen MR) is 133 cm³/mol. The predicted octanol–water partition coefficient (Wildman–Crippen LogP) is 4.59. The quantitative estimate of drug-likeness (QED) is 0.446. The summed E-state index contributed by atoms with van der Waals surface area (Å²) < 4.78 is 7.45. The number of amides is 2. The van der Waals surface area contributed by atoms with Crippen LogP contribution in [0.15, 0.2) is 72.9 Å². The molecule has 2 amide bonds. The molecule has 6 heteroatoms. The first-order chi connectivity index (χ1) is 16.5. The maximum atomic E-state index is 13.5. The van der Waals surface area contributed by atoms with Gasteiger partial charge in [-0.2, -0.15) is 0 Å². The van der Waals surface area contributed by atoms with E-state index in [1.165, 1.54) is 5.56 Å². The lowest BCUT2D eigenvalue weighted by molar-refractivity contribution is -0.134. The van der Waals surface area contributed by atoms with Crippen molar-refractivity contribution in [2.45, 2.75) is 51.9 Å². The molecular weight excluding hydrogens is 426 g/mol. The SMILES string of the molecule is COc1cccc(C(=O)N(CC(=O)N(Cc2cccn2Cc2ccccc2)C(C)C)C2CC2)c1. The maximum Gasteiger partial charge on any atom is 0.254 e. The van der Waals surface area contributed by atoms with E-state index in [0.29, 0.717) is 17.9 Å². The second-order valence-corrected chi connectivity index (χ2v) is 9.12. The van der Waals surface area contributed by atoms with Crippen LogP contribution in [0.3, 0.4) is 0 Å². The Bertz CT molecular complexity index is 1120. The number of benzene rings is 2. The highest BCUT2D eigenvalue weighted by atomic mass is 16.5. The monoisotopic (exact) mass is 459 g/mol. The molecule has 6 nitrogen and oxygen atoms in total. The molecule has 0 unspecified atom stereocenters. The van der Waals surface area contributed by atoms with Crippen LogP contribution in [0.4, 0.5) is 0 Å². The Labute approximate surface area is 201 Å². The first-order valence-electron chi connectivity index (χ1n) is 11.9. The van der Waals surface area contributed by atoms with E-state index in [-0.39, 0.29) is 30.4 Å². The van der Waals surface area contributed by atoms with E-state index in [0.717, 1.165) is 25.1 Å². The fraction of sp³-hybridized carbons (Fsp3) is 0.357. The van der Waals surface area contributed by atoms with Crippen LogP contribution in [0.1, 0.15) is 48.3 Å². The molecule has 0 saturated heterocycles. The molecule has 3 aromatic rings. The van der Waals surface area contributed by atoms with Gasteiger partial charge < -0.3 is 19.1 Å². The third kappa shape index (κ3) is 5.68. The van der Waals surface area contributed by atoms with Crippen molar-refractivity contribution in [1.29, 1.82) is 0 Å². The summed E-state index contributed by atoms with van der Waals surface area (Å²) in [6.45, 7) is 5.38. The standard InChI is InChI=1S/C28H33N3O3/c1-21(2)30(19-25-12-8-16-29(25)18-22-9-5-4-6-10-22)27(32)20-31(24-14-15-24)28(33)23-11-7-13-26(17-23)34-3/h4-13,16-17,21,24H,14-15,18-20H2,1-3H3. The zero-order chi connectivity index (χ0) is 24.1. The molecule has 0 radical (unpaired) electrons. The minimum Gasteiger partial charge on any atom is -0.497 e. The molecule has 0 atom stereocenters.